The number of hydrazone groups is 1. The number of carbonyl (C=O) groups excluding carboxylic acids is 1. The van der Waals surface area contributed by atoms with Gasteiger partial charge in [0.15, 0.2) is 8.68 Å². The monoisotopic (exact) mass is 480 g/mol. The number of nitrogens with one attached hydrogen (secondary N) is 1. The molecular formula is C19H17ClN4OS4. The Morgan fingerprint density at radius 3 is 2.48 bits per heavy atom. The van der Waals surface area contributed by atoms with Gasteiger partial charge >= 0.3 is 0 Å². The van der Waals surface area contributed by atoms with Crippen molar-refractivity contribution in [3.63, 3.8) is 0 Å². The van der Waals surface area contributed by atoms with E-state index in [1.807, 2.05) is 54.8 Å². The van der Waals surface area contributed by atoms with Gasteiger partial charge in [0.2, 0.25) is 0 Å². The van der Waals surface area contributed by atoms with Crippen molar-refractivity contribution in [1.29, 1.82) is 0 Å². The second-order valence-corrected chi connectivity index (χ2v) is 10.3. The molecule has 29 heavy (non-hydrogen) atoms. The van der Waals surface area contributed by atoms with Crippen molar-refractivity contribution in [2.45, 2.75) is 19.3 Å². The number of aromatic nitrogens is 2. The molecule has 0 unspecified atom stereocenters. The zero-order chi connectivity index (χ0) is 20.5. The molecule has 0 aliphatic rings. The summed E-state index contributed by atoms with van der Waals surface area (Å²) in [4.78, 5) is 13.1. The van der Waals surface area contributed by atoms with Gasteiger partial charge in [0.05, 0.1) is 12.0 Å². The lowest BCUT2D eigenvalue weighted by molar-refractivity contribution is -0.118. The maximum absolute atomic E-state index is 11.9. The molecule has 3 aromatic rings. The van der Waals surface area contributed by atoms with Gasteiger partial charge in [-0.3, -0.25) is 4.79 Å². The molecule has 0 aliphatic carbocycles. The summed E-state index contributed by atoms with van der Waals surface area (Å²) >= 11 is 12.0. The van der Waals surface area contributed by atoms with Gasteiger partial charge in [-0.25, -0.2) is 5.43 Å². The summed E-state index contributed by atoms with van der Waals surface area (Å²) in [6, 6.07) is 15.7. The van der Waals surface area contributed by atoms with Crippen LogP contribution >= 0.6 is 58.2 Å². The molecule has 1 heterocycles. The van der Waals surface area contributed by atoms with E-state index >= 15 is 0 Å². The van der Waals surface area contributed by atoms with Crippen LogP contribution in [0.1, 0.15) is 11.1 Å². The van der Waals surface area contributed by atoms with E-state index in [-0.39, 0.29) is 11.7 Å². The smallest absolute Gasteiger partial charge is 0.250 e. The fourth-order valence-corrected chi connectivity index (χ4v) is 5.37. The molecule has 10 heteroatoms. The topological polar surface area (TPSA) is 67.2 Å². The van der Waals surface area contributed by atoms with Gasteiger partial charge in [-0.15, -0.1) is 22.0 Å². The van der Waals surface area contributed by atoms with Gasteiger partial charge in [-0.2, -0.15) is 5.10 Å². The highest BCUT2D eigenvalue weighted by Crippen LogP contribution is 2.30. The van der Waals surface area contributed by atoms with E-state index in [2.05, 4.69) is 20.7 Å². The largest absolute Gasteiger partial charge is 0.272 e. The molecule has 0 bridgehead atoms. The summed E-state index contributed by atoms with van der Waals surface area (Å²) in [5.74, 6) is 0.848. The van der Waals surface area contributed by atoms with Crippen LogP contribution in [-0.4, -0.2) is 34.3 Å². The predicted molar refractivity (Wildman–Crippen MR) is 126 cm³/mol. The summed E-state index contributed by atoms with van der Waals surface area (Å²) in [7, 11) is 0. The number of amides is 1. The van der Waals surface area contributed by atoms with E-state index in [0.717, 1.165) is 25.0 Å². The van der Waals surface area contributed by atoms with Crippen LogP contribution in [0.3, 0.4) is 0 Å². The molecule has 0 saturated carbocycles. The molecule has 0 fully saturated rings. The third-order valence-corrected chi connectivity index (χ3v) is 7.77. The van der Waals surface area contributed by atoms with Crippen LogP contribution in [0.5, 0.6) is 0 Å². The number of rotatable bonds is 9. The third-order valence-electron chi connectivity index (χ3n) is 3.51. The molecule has 2 aromatic carbocycles. The molecular weight excluding hydrogens is 464 g/mol. The number of nitrogens with zero attached hydrogens (tertiary/aromatic N) is 3. The Balaban J connectivity index is 1.39. The van der Waals surface area contributed by atoms with Crippen molar-refractivity contribution >= 4 is 70.3 Å². The van der Waals surface area contributed by atoms with Crippen LogP contribution in [-0.2, 0) is 10.5 Å². The fraction of sp³-hybridized carbons (Fsp3) is 0.158. The molecule has 0 saturated heterocycles. The van der Waals surface area contributed by atoms with Crippen LogP contribution in [0.2, 0.25) is 5.02 Å². The molecule has 5 nitrogen and oxygen atoms in total. The number of halogens is 1. The van der Waals surface area contributed by atoms with Crippen LogP contribution in [0.25, 0.3) is 0 Å². The number of thioether (sulfide) groups is 3. The highest BCUT2D eigenvalue weighted by atomic mass is 35.5. The normalized spacial score (nSPS) is 11.1. The SMILES string of the molecule is CSc1ccc(C=NNC(=O)CSc2nnc(SCc3ccc(Cl)cc3)s2)cc1. The van der Waals surface area contributed by atoms with Crippen LogP contribution < -0.4 is 5.43 Å². The number of hydrogen-bond donors (Lipinski definition) is 1. The molecule has 0 atom stereocenters. The van der Waals surface area contributed by atoms with E-state index < -0.39 is 0 Å². The van der Waals surface area contributed by atoms with Crippen molar-refractivity contribution in [2.75, 3.05) is 12.0 Å². The first-order valence-corrected chi connectivity index (χ1v) is 12.8. The van der Waals surface area contributed by atoms with Gasteiger partial charge in [0.1, 0.15) is 0 Å². The molecule has 0 aliphatic heterocycles. The van der Waals surface area contributed by atoms with E-state index in [1.54, 1.807) is 29.7 Å². The highest BCUT2D eigenvalue weighted by Gasteiger charge is 2.08. The van der Waals surface area contributed by atoms with Crippen LogP contribution in [0.4, 0.5) is 0 Å². The molecule has 1 amide bonds. The van der Waals surface area contributed by atoms with Crippen molar-refractivity contribution < 1.29 is 4.79 Å². The van der Waals surface area contributed by atoms with Crippen molar-refractivity contribution in [3.05, 3.63) is 64.7 Å². The fourth-order valence-electron chi connectivity index (χ4n) is 2.07. The minimum absolute atomic E-state index is 0.183. The van der Waals surface area contributed by atoms with Crippen molar-refractivity contribution in [3.8, 4) is 0 Å². The third kappa shape index (κ3) is 7.67. The lowest BCUT2D eigenvalue weighted by atomic mass is 10.2. The zero-order valence-corrected chi connectivity index (χ0v) is 19.4. The van der Waals surface area contributed by atoms with Crippen molar-refractivity contribution in [2.24, 2.45) is 5.10 Å². The van der Waals surface area contributed by atoms with Crippen molar-refractivity contribution in [1.82, 2.24) is 15.6 Å². The lowest BCUT2D eigenvalue weighted by Gasteiger charge is -1.99. The van der Waals surface area contributed by atoms with E-state index in [0.29, 0.717) is 0 Å². The molecule has 150 valence electrons. The maximum atomic E-state index is 11.9. The quantitative estimate of drug-likeness (QED) is 0.249. The molecule has 0 spiro atoms. The number of hydrogen-bond acceptors (Lipinski definition) is 8. The summed E-state index contributed by atoms with van der Waals surface area (Å²) in [5.41, 5.74) is 4.64. The van der Waals surface area contributed by atoms with E-state index in [9.17, 15) is 4.79 Å². The number of benzene rings is 2. The second kappa shape index (κ2) is 11.6. The second-order valence-electron chi connectivity index (χ2n) is 5.60. The summed E-state index contributed by atoms with van der Waals surface area (Å²) in [6.45, 7) is 0. The Kier molecular flexibility index (Phi) is 8.88. The summed E-state index contributed by atoms with van der Waals surface area (Å²) in [6.07, 6.45) is 3.66. The number of carbonyl (C=O) groups is 1. The minimum Gasteiger partial charge on any atom is -0.272 e. The van der Waals surface area contributed by atoms with Gasteiger partial charge in [0, 0.05) is 15.7 Å². The molecule has 1 N–H and O–H groups in total. The zero-order valence-electron chi connectivity index (χ0n) is 15.4. The van der Waals surface area contributed by atoms with Gasteiger partial charge in [-0.1, -0.05) is 70.7 Å². The Hall–Kier alpha value is -1.52. The Morgan fingerprint density at radius 2 is 1.79 bits per heavy atom. The minimum atomic E-state index is -0.183. The average Bonchev–Trinajstić information content (AvgIpc) is 3.20. The van der Waals surface area contributed by atoms with E-state index in [4.69, 9.17) is 11.6 Å². The lowest BCUT2D eigenvalue weighted by Crippen LogP contribution is -2.19. The van der Waals surface area contributed by atoms with Gasteiger partial charge < -0.3 is 0 Å². The average molecular weight is 481 g/mol. The molecule has 3 rings (SSSR count). The van der Waals surface area contributed by atoms with Crippen LogP contribution in [0, 0.1) is 0 Å². The highest BCUT2D eigenvalue weighted by molar-refractivity contribution is 8.03. The van der Waals surface area contributed by atoms with Gasteiger partial charge in [-0.05, 0) is 41.6 Å². The first-order valence-electron chi connectivity index (χ1n) is 8.42. The first-order chi connectivity index (χ1) is 14.1. The maximum Gasteiger partial charge on any atom is 0.250 e. The summed E-state index contributed by atoms with van der Waals surface area (Å²) < 4.78 is 1.63. The van der Waals surface area contributed by atoms with Crippen LogP contribution in [0.15, 0.2) is 67.2 Å². The Bertz CT molecular complexity index is 961. The first kappa shape index (κ1) is 22.2. The Morgan fingerprint density at radius 1 is 1.10 bits per heavy atom. The summed E-state index contributed by atoms with van der Waals surface area (Å²) in [5, 5.41) is 13.0. The predicted octanol–water partition coefficient (Wildman–Crippen LogP) is 5.45. The molecule has 1 aromatic heterocycles. The van der Waals surface area contributed by atoms with E-state index in [1.165, 1.54) is 33.6 Å². The molecule has 0 radical (unpaired) electrons. The standard InChI is InChI=1S/C19H17ClN4OS4/c1-26-16-8-4-13(5-9-16)10-21-22-17(25)12-28-19-24-23-18(29-19)27-11-14-2-6-15(20)7-3-14/h2-10H,11-12H2,1H3,(H,22,25). The Labute approximate surface area is 191 Å². The van der Waals surface area contributed by atoms with Gasteiger partial charge in [0.25, 0.3) is 5.91 Å².